The lowest BCUT2D eigenvalue weighted by Crippen LogP contribution is -2.53. The Bertz CT molecular complexity index is 725. The highest BCUT2D eigenvalue weighted by molar-refractivity contribution is 7.16. The maximum Gasteiger partial charge on any atom is 0.263 e. The largest absolute Gasteiger partial charge is 0.348 e. The van der Waals surface area contributed by atoms with E-state index >= 15 is 0 Å². The molecule has 2 aliphatic carbocycles. The Balaban J connectivity index is 1.47. The minimum absolute atomic E-state index is 0.0000109. The second-order valence-electron chi connectivity index (χ2n) is 7.11. The first-order valence-corrected chi connectivity index (χ1v) is 9.43. The van der Waals surface area contributed by atoms with E-state index < -0.39 is 0 Å². The van der Waals surface area contributed by atoms with Crippen LogP contribution in [-0.4, -0.2) is 32.8 Å². The zero-order valence-corrected chi connectivity index (χ0v) is 14.6. The molecule has 24 heavy (non-hydrogen) atoms. The molecule has 0 aromatic carbocycles. The molecule has 3 N–H and O–H groups in total. The lowest BCUT2D eigenvalue weighted by atomic mass is 9.67. The maximum atomic E-state index is 12.7. The van der Waals surface area contributed by atoms with Crippen molar-refractivity contribution in [2.24, 2.45) is 24.6 Å². The molecule has 2 heterocycles. The van der Waals surface area contributed by atoms with Crippen LogP contribution in [-0.2, 0) is 7.05 Å². The van der Waals surface area contributed by atoms with Crippen LogP contribution in [0.25, 0.3) is 10.6 Å². The molecular formula is C17H23N5OS. The van der Waals surface area contributed by atoms with Crippen LogP contribution < -0.4 is 11.1 Å². The van der Waals surface area contributed by atoms with Gasteiger partial charge in [-0.3, -0.25) is 9.48 Å². The van der Waals surface area contributed by atoms with Crippen molar-refractivity contribution in [2.75, 3.05) is 0 Å². The Morgan fingerprint density at radius 3 is 2.75 bits per heavy atom. The van der Waals surface area contributed by atoms with Crippen LogP contribution in [0.1, 0.15) is 41.8 Å². The quantitative estimate of drug-likeness (QED) is 0.893. The van der Waals surface area contributed by atoms with Crippen LogP contribution in [0.4, 0.5) is 0 Å². The van der Waals surface area contributed by atoms with E-state index in [0.717, 1.165) is 23.4 Å². The summed E-state index contributed by atoms with van der Waals surface area (Å²) in [5, 5.41) is 8.27. The number of nitrogens with two attached hydrogens (primary N) is 1. The average Bonchev–Trinajstić information content (AvgIpc) is 3.17. The van der Waals surface area contributed by atoms with Gasteiger partial charge in [0.25, 0.3) is 5.91 Å². The summed E-state index contributed by atoms with van der Waals surface area (Å²) >= 11 is 1.42. The minimum atomic E-state index is 0.0000109. The average molecular weight is 345 g/mol. The summed E-state index contributed by atoms with van der Waals surface area (Å²) in [5.74, 6) is 1.06. The monoisotopic (exact) mass is 345 g/mol. The van der Waals surface area contributed by atoms with Crippen molar-refractivity contribution < 1.29 is 4.79 Å². The van der Waals surface area contributed by atoms with Crippen LogP contribution in [0.5, 0.6) is 0 Å². The summed E-state index contributed by atoms with van der Waals surface area (Å²) in [6.07, 6.45) is 11.0. The number of nitrogens with one attached hydrogen (secondary N) is 1. The van der Waals surface area contributed by atoms with E-state index in [1.807, 2.05) is 13.2 Å². The van der Waals surface area contributed by atoms with E-state index in [9.17, 15) is 4.79 Å². The molecule has 2 aliphatic rings. The smallest absolute Gasteiger partial charge is 0.263 e. The van der Waals surface area contributed by atoms with E-state index in [2.05, 4.69) is 15.4 Å². The highest BCUT2D eigenvalue weighted by atomic mass is 32.1. The number of hydrogen-bond donors (Lipinski definition) is 2. The fraction of sp³-hybridized carbons (Fsp3) is 0.588. The van der Waals surface area contributed by atoms with Gasteiger partial charge in [-0.25, -0.2) is 4.98 Å². The van der Waals surface area contributed by atoms with Gasteiger partial charge >= 0.3 is 0 Å². The number of carbonyl (C=O) groups is 1. The van der Waals surface area contributed by atoms with Crippen LogP contribution in [0.15, 0.2) is 18.6 Å². The third kappa shape index (κ3) is 2.98. The van der Waals surface area contributed by atoms with Gasteiger partial charge in [0.15, 0.2) is 0 Å². The number of aromatic nitrogens is 3. The van der Waals surface area contributed by atoms with Gasteiger partial charge in [0, 0.05) is 30.9 Å². The second kappa shape index (κ2) is 6.29. The molecule has 2 aromatic heterocycles. The van der Waals surface area contributed by atoms with Gasteiger partial charge in [0.05, 0.1) is 12.4 Å². The lowest BCUT2D eigenvalue weighted by Gasteiger charge is -2.45. The van der Waals surface area contributed by atoms with Crippen LogP contribution in [0.2, 0.25) is 0 Å². The molecule has 4 rings (SSSR count). The number of fused-ring (bicyclic) bond motifs is 2. The fourth-order valence-electron chi connectivity index (χ4n) is 4.29. The first-order chi connectivity index (χ1) is 11.6. The van der Waals surface area contributed by atoms with Crippen LogP contribution >= 0.6 is 11.3 Å². The summed E-state index contributed by atoms with van der Waals surface area (Å²) in [4.78, 5) is 17.7. The molecule has 2 fully saturated rings. The van der Waals surface area contributed by atoms with Crippen molar-refractivity contribution in [1.82, 2.24) is 20.1 Å². The predicted molar refractivity (Wildman–Crippen MR) is 93.6 cm³/mol. The molecular weight excluding hydrogens is 322 g/mol. The van der Waals surface area contributed by atoms with Crippen molar-refractivity contribution in [1.29, 1.82) is 0 Å². The summed E-state index contributed by atoms with van der Waals surface area (Å²) in [6.45, 7) is 0. The van der Waals surface area contributed by atoms with Crippen molar-refractivity contribution >= 4 is 17.2 Å². The molecule has 0 spiro atoms. The van der Waals surface area contributed by atoms with Gasteiger partial charge in [-0.2, -0.15) is 5.10 Å². The third-order valence-corrected chi connectivity index (χ3v) is 6.40. The lowest BCUT2D eigenvalue weighted by molar-refractivity contribution is 0.0759. The van der Waals surface area contributed by atoms with Gasteiger partial charge in [0.2, 0.25) is 0 Å². The number of rotatable bonds is 3. The van der Waals surface area contributed by atoms with E-state index in [4.69, 9.17) is 5.73 Å². The SMILES string of the molecule is Cn1cc(-c2ncc(C(=O)NC3C4CCCC3CC(N)C4)s2)cn1. The summed E-state index contributed by atoms with van der Waals surface area (Å²) in [6, 6.07) is 0.573. The predicted octanol–water partition coefficient (Wildman–Crippen LogP) is 2.18. The fourth-order valence-corrected chi connectivity index (χ4v) is 5.09. The normalized spacial score (nSPS) is 29.4. The molecule has 0 saturated heterocycles. The molecule has 2 aromatic rings. The Kier molecular flexibility index (Phi) is 4.14. The standard InChI is InChI=1S/C17H23N5OS/c1-22-9-12(7-20-22)17-19-8-14(24-17)16(23)21-15-10-3-2-4-11(15)6-13(18)5-10/h7-11,13,15H,2-6,18H2,1H3,(H,21,23). The van der Waals surface area contributed by atoms with Gasteiger partial charge in [0.1, 0.15) is 9.88 Å². The van der Waals surface area contributed by atoms with E-state index in [0.29, 0.717) is 22.8 Å². The van der Waals surface area contributed by atoms with E-state index in [1.165, 1.54) is 30.6 Å². The molecule has 6 nitrogen and oxygen atoms in total. The summed E-state index contributed by atoms with van der Waals surface area (Å²) in [5.41, 5.74) is 7.12. The second-order valence-corrected chi connectivity index (χ2v) is 8.14. The molecule has 2 saturated carbocycles. The number of hydrogen-bond acceptors (Lipinski definition) is 5. The molecule has 2 atom stereocenters. The highest BCUT2D eigenvalue weighted by Gasteiger charge is 2.40. The Morgan fingerprint density at radius 2 is 2.08 bits per heavy atom. The van der Waals surface area contributed by atoms with E-state index in [1.54, 1.807) is 17.1 Å². The van der Waals surface area contributed by atoms with Gasteiger partial charge in [-0.1, -0.05) is 6.42 Å². The van der Waals surface area contributed by atoms with Crippen molar-refractivity contribution in [2.45, 2.75) is 44.2 Å². The van der Waals surface area contributed by atoms with Crippen molar-refractivity contribution in [3.8, 4) is 10.6 Å². The van der Waals surface area contributed by atoms with Crippen molar-refractivity contribution in [3.05, 3.63) is 23.5 Å². The zero-order valence-electron chi connectivity index (χ0n) is 13.8. The maximum absolute atomic E-state index is 12.7. The molecule has 0 radical (unpaired) electrons. The third-order valence-electron chi connectivity index (χ3n) is 5.36. The number of nitrogens with zero attached hydrogens (tertiary/aromatic N) is 3. The zero-order chi connectivity index (χ0) is 16.7. The summed E-state index contributed by atoms with van der Waals surface area (Å²) in [7, 11) is 1.87. The summed E-state index contributed by atoms with van der Waals surface area (Å²) < 4.78 is 1.74. The van der Waals surface area contributed by atoms with Gasteiger partial charge in [-0.05, 0) is 37.5 Å². The molecule has 2 unspecified atom stereocenters. The molecule has 128 valence electrons. The van der Waals surface area contributed by atoms with Gasteiger partial charge in [-0.15, -0.1) is 11.3 Å². The first kappa shape index (κ1) is 15.8. The Morgan fingerprint density at radius 1 is 1.33 bits per heavy atom. The Hall–Kier alpha value is -1.73. The van der Waals surface area contributed by atoms with Crippen LogP contribution in [0.3, 0.4) is 0 Å². The van der Waals surface area contributed by atoms with Crippen molar-refractivity contribution in [3.63, 3.8) is 0 Å². The molecule has 2 bridgehead atoms. The van der Waals surface area contributed by atoms with Crippen LogP contribution in [0, 0.1) is 11.8 Å². The minimum Gasteiger partial charge on any atom is -0.348 e. The number of thiazole rings is 1. The molecule has 0 aliphatic heterocycles. The Labute approximate surface area is 145 Å². The number of carbonyl (C=O) groups excluding carboxylic acids is 1. The first-order valence-electron chi connectivity index (χ1n) is 8.61. The molecule has 7 heteroatoms. The number of amides is 1. The molecule has 1 amide bonds. The topological polar surface area (TPSA) is 85.8 Å². The van der Waals surface area contributed by atoms with E-state index in [-0.39, 0.29) is 11.9 Å². The van der Waals surface area contributed by atoms with Gasteiger partial charge < -0.3 is 11.1 Å². The highest BCUT2D eigenvalue weighted by Crippen LogP contribution is 2.40. The number of aryl methyl sites for hydroxylation is 1.